The Labute approximate surface area is 77.6 Å². The lowest BCUT2D eigenvalue weighted by molar-refractivity contribution is -0.0199. The fraction of sp³-hybridized carbons (Fsp3) is 0.778. The lowest BCUT2D eigenvalue weighted by Gasteiger charge is -2.29. The quantitative estimate of drug-likeness (QED) is 0.735. The van der Waals surface area contributed by atoms with Crippen molar-refractivity contribution in [3.8, 4) is 0 Å². The number of aryl methyl sites for hydroxylation is 1. The lowest BCUT2D eigenvalue weighted by Crippen LogP contribution is -2.33. The van der Waals surface area contributed by atoms with Crippen LogP contribution >= 0.6 is 0 Å². The van der Waals surface area contributed by atoms with E-state index < -0.39 is 5.60 Å². The van der Waals surface area contributed by atoms with E-state index in [1.165, 1.54) is 0 Å². The predicted octanol–water partition coefficient (Wildman–Crippen LogP) is 0.823. The van der Waals surface area contributed by atoms with Gasteiger partial charge in [0.25, 0.3) is 0 Å². The molecule has 72 valence electrons. The predicted molar refractivity (Wildman–Crippen MR) is 47.9 cm³/mol. The molecule has 0 saturated heterocycles. The molecule has 1 aromatic heterocycles. The Kier molecular flexibility index (Phi) is 1.55. The number of nitrogens with zero attached hydrogens (tertiary/aromatic N) is 3. The molecule has 2 rings (SSSR count). The highest BCUT2D eigenvalue weighted by Gasteiger charge is 2.54. The van der Waals surface area contributed by atoms with E-state index in [-0.39, 0.29) is 5.41 Å². The molecule has 0 bridgehead atoms. The molecule has 1 N–H and O–H groups in total. The van der Waals surface area contributed by atoms with Gasteiger partial charge < -0.3 is 5.11 Å². The highest BCUT2D eigenvalue weighted by atomic mass is 16.3. The molecule has 1 fully saturated rings. The number of hydrogen-bond acceptors (Lipinski definition) is 3. The summed E-state index contributed by atoms with van der Waals surface area (Å²) in [4.78, 5) is 0. The molecule has 1 atom stereocenters. The number of aliphatic hydroxyl groups is 1. The Morgan fingerprint density at radius 1 is 1.62 bits per heavy atom. The molecule has 0 radical (unpaired) electrons. The minimum Gasteiger partial charge on any atom is -0.383 e. The van der Waals surface area contributed by atoms with E-state index in [4.69, 9.17) is 0 Å². The van der Waals surface area contributed by atoms with Crippen molar-refractivity contribution < 1.29 is 5.11 Å². The number of aromatic nitrogens is 3. The molecular formula is C9H15N3O. The normalized spacial score (nSPS) is 24.0. The monoisotopic (exact) mass is 181 g/mol. The maximum absolute atomic E-state index is 10.4. The van der Waals surface area contributed by atoms with Crippen LogP contribution in [0.3, 0.4) is 0 Å². The van der Waals surface area contributed by atoms with Crippen molar-refractivity contribution in [1.29, 1.82) is 0 Å². The third kappa shape index (κ3) is 1.09. The van der Waals surface area contributed by atoms with Crippen molar-refractivity contribution in [3.05, 3.63) is 11.9 Å². The van der Waals surface area contributed by atoms with Crippen LogP contribution in [0.5, 0.6) is 0 Å². The number of rotatable bonds is 2. The van der Waals surface area contributed by atoms with Crippen LogP contribution in [0.15, 0.2) is 6.20 Å². The summed E-state index contributed by atoms with van der Waals surface area (Å²) in [6.07, 6.45) is 3.79. The van der Waals surface area contributed by atoms with Crippen molar-refractivity contribution in [2.75, 3.05) is 0 Å². The van der Waals surface area contributed by atoms with Gasteiger partial charge in [0.2, 0.25) is 0 Å². The Bertz CT molecular complexity index is 325. The van der Waals surface area contributed by atoms with Gasteiger partial charge in [-0.2, -0.15) is 0 Å². The van der Waals surface area contributed by atoms with Gasteiger partial charge in [0.15, 0.2) is 0 Å². The fourth-order valence-electron chi connectivity index (χ4n) is 1.71. The molecule has 4 nitrogen and oxygen atoms in total. The summed E-state index contributed by atoms with van der Waals surface area (Å²) >= 11 is 0. The van der Waals surface area contributed by atoms with Gasteiger partial charge in [-0.25, -0.2) is 4.68 Å². The first-order valence-corrected chi connectivity index (χ1v) is 4.55. The first-order valence-electron chi connectivity index (χ1n) is 4.55. The summed E-state index contributed by atoms with van der Waals surface area (Å²) in [5.41, 5.74) is 0.0146. The van der Waals surface area contributed by atoms with Crippen LogP contribution in [0, 0.1) is 5.41 Å². The summed E-state index contributed by atoms with van der Waals surface area (Å²) in [5, 5.41) is 18.0. The molecule has 0 aliphatic heterocycles. The van der Waals surface area contributed by atoms with Gasteiger partial charge >= 0.3 is 0 Å². The fourth-order valence-corrected chi connectivity index (χ4v) is 1.71. The molecule has 4 heteroatoms. The van der Waals surface area contributed by atoms with Gasteiger partial charge in [-0.15, -0.1) is 5.10 Å². The zero-order valence-electron chi connectivity index (χ0n) is 8.28. The first kappa shape index (κ1) is 8.69. The van der Waals surface area contributed by atoms with Gasteiger partial charge in [0, 0.05) is 12.5 Å². The molecule has 0 amide bonds. The second-order valence-electron chi connectivity index (χ2n) is 4.38. The van der Waals surface area contributed by atoms with E-state index in [9.17, 15) is 5.11 Å². The Morgan fingerprint density at radius 3 is 2.62 bits per heavy atom. The summed E-state index contributed by atoms with van der Waals surface area (Å²) in [5.74, 6) is 0. The van der Waals surface area contributed by atoms with Crippen LogP contribution in [0.2, 0.25) is 0 Å². The maximum Gasteiger partial charge on any atom is 0.110 e. The average molecular weight is 181 g/mol. The van der Waals surface area contributed by atoms with Crippen molar-refractivity contribution in [1.82, 2.24) is 15.0 Å². The van der Waals surface area contributed by atoms with Gasteiger partial charge in [-0.3, -0.25) is 0 Å². The van der Waals surface area contributed by atoms with Crippen molar-refractivity contribution in [3.63, 3.8) is 0 Å². The van der Waals surface area contributed by atoms with E-state index >= 15 is 0 Å². The molecule has 1 heterocycles. The molecule has 13 heavy (non-hydrogen) atoms. The summed E-state index contributed by atoms with van der Waals surface area (Å²) in [6, 6.07) is 0. The van der Waals surface area contributed by atoms with E-state index in [0.29, 0.717) is 0 Å². The third-order valence-corrected chi connectivity index (χ3v) is 3.39. The highest BCUT2D eigenvalue weighted by molar-refractivity contribution is 5.16. The van der Waals surface area contributed by atoms with Gasteiger partial charge in [0.1, 0.15) is 5.60 Å². The first-order chi connectivity index (χ1) is 5.97. The standard InChI is InChI=1S/C9H15N3O/c1-8(4-5-8)9(2,13)7-6-10-11-12(7)3/h6,13H,4-5H2,1-3H3. The van der Waals surface area contributed by atoms with Crippen LogP contribution in [-0.2, 0) is 12.6 Å². The second-order valence-corrected chi connectivity index (χ2v) is 4.38. The summed E-state index contributed by atoms with van der Waals surface area (Å²) < 4.78 is 1.64. The smallest absolute Gasteiger partial charge is 0.110 e. The number of hydrogen-bond donors (Lipinski definition) is 1. The Balaban J connectivity index is 2.40. The van der Waals surface area contributed by atoms with Crippen LogP contribution in [-0.4, -0.2) is 20.1 Å². The molecule has 0 aromatic carbocycles. The minimum absolute atomic E-state index is 0.0163. The van der Waals surface area contributed by atoms with Crippen LogP contribution in [0.25, 0.3) is 0 Å². The third-order valence-electron chi connectivity index (χ3n) is 3.39. The van der Waals surface area contributed by atoms with E-state index in [1.54, 1.807) is 10.9 Å². The maximum atomic E-state index is 10.4. The van der Waals surface area contributed by atoms with E-state index in [2.05, 4.69) is 17.2 Å². The van der Waals surface area contributed by atoms with Crippen LogP contribution < -0.4 is 0 Å². The zero-order chi connectivity index (χ0) is 9.69. The van der Waals surface area contributed by atoms with E-state index in [0.717, 1.165) is 18.5 Å². The van der Waals surface area contributed by atoms with Crippen LogP contribution in [0.1, 0.15) is 32.4 Å². The summed E-state index contributed by atoms with van der Waals surface area (Å²) in [7, 11) is 1.81. The second kappa shape index (κ2) is 2.32. The molecule has 1 saturated carbocycles. The Morgan fingerprint density at radius 2 is 2.23 bits per heavy atom. The highest BCUT2D eigenvalue weighted by Crippen LogP contribution is 2.57. The van der Waals surface area contributed by atoms with Crippen LogP contribution in [0.4, 0.5) is 0 Å². The average Bonchev–Trinajstić information content (AvgIpc) is 2.63. The van der Waals surface area contributed by atoms with Gasteiger partial charge in [-0.1, -0.05) is 12.1 Å². The topological polar surface area (TPSA) is 50.9 Å². The van der Waals surface area contributed by atoms with Gasteiger partial charge in [-0.05, 0) is 19.8 Å². The SMILES string of the molecule is Cn1nncc1C(C)(O)C1(C)CC1. The molecule has 1 unspecified atom stereocenters. The molecule has 1 aliphatic rings. The van der Waals surface area contributed by atoms with E-state index in [1.807, 2.05) is 14.0 Å². The van der Waals surface area contributed by atoms with Crippen molar-refractivity contribution in [2.45, 2.75) is 32.3 Å². The molecule has 1 aliphatic carbocycles. The largest absolute Gasteiger partial charge is 0.383 e. The zero-order valence-corrected chi connectivity index (χ0v) is 8.28. The van der Waals surface area contributed by atoms with Gasteiger partial charge in [0.05, 0.1) is 11.9 Å². The van der Waals surface area contributed by atoms with Crippen molar-refractivity contribution >= 4 is 0 Å². The molecular weight excluding hydrogens is 166 g/mol. The Hall–Kier alpha value is -0.900. The summed E-state index contributed by atoms with van der Waals surface area (Å²) in [6.45, 7) is 3.94. The minimum atomic E-state index is -0.800. The molecule has 0 spiro atoms. The lowest BCUT2D eigenvalue weighted by atomic mass is 9.85. The van der Waals surface area contributed by atoms with Crippen molar-refractivity contribution in [2.24, 2.45) is 12.5 Å². The molecule has 1 aromatic rings.